The van der Waals surface area contributed by atoms with Gasteiger partial charge in [0.2, 0.25) is 0 Å². The zero-order chi connectivity index (χ0) is 20.3. The summed E-state index contributed by atoms with van der Waals surface area (Å²) in [6.45, 7) is 0. The Labute approximate surface area is 170 Å². The number of rotatable bonds is 5. The molecule has 0 bridgehead atoms. The molecule has 142 valence electrons. The molecule has 0 fully saturated rings. The van der Waals surface area contributed by atoms with Gasteiger partial charge in [0, 0.05) is 16.8 Å². The predicted octanol–water partition coefficient (Wildman–Crippen LogP) is 4.91. The van der Waals surface area contributed by atoms with Crippen LogP contribution < -0.4 is 5.32 Å². The van der Waals surface area contributed by atoms with Gasteiger partial charge in [-0.1, -0.05) is 35.3 Å². The Kier molecular flexibility index (Phi) is 6.22. The fourth-order valence-electron chi connectivity index (χ4n) is 2.67. The van der Waals surface area contributed by atoms with E-state index in [0.717, 1.165) is 12.1 Å². The van der Waals surface area contributed by atoms with Crippen molar-refractivity contribution in [3.05, 3.63) is 98.8 Å². The summed E-state index contributed by atoms with van der Waals surface area (Å²) in [4.78, 5) is 4.19. The summed E-state index contributed by atoms with van der Waals surface area (Å²) >= 11 is 11.7. The first-order chi connectivity index (χ1) is 13.4. The molecule has 0 spiro atoms. The molecule has 2 aromatic carbocycles. The van der Waals surface area contributed by atoms with Crippen LogP contribution in [0.5, 0.6) is 0 Å². The highest BCUT2D eigenvalue weighted by molar-refractivity contribution is 6.30. The number of aliphatic hydroxyl groups excluding tert-OH is 1. The topological polar surface area (TPSA) is 68.9 Å². The smallest absolute Gasteiger partial charge is 0.141 e. The summed E-state index contributed by atoms with van der Waals surface area (Å²) in [6.07, 6.45) is 0.0347. The van der Waals surface area contributed by atoms with Crippen molar-refractivity contribution in [3.8, 4) is 6.07 Å². The average Bonchev–Trinajstić information content (AvgIpc) is 2.67. The molecule has 4 nitrogen and oxygen atoms in total. The number of nitrogens with one attached hydrogen (secondary N) is 1. The van der Waals surface area contributed by atoms with Gasteiger partial charge < -0.3 is 5.11 Å². The number of halogens is 4. The van der Waals surface area contributed by atoms with Crippen LogP contribution >= 0.6 is 23.2 Å². The Morgan fingerprint density at radius 2 is 1.75 bits per heavy atom. The van der Waals surface area contributed by atoms with E-state index in [4.69, 9.17) is 28.5 Å². The van der Waals surface area contributed by atoms with E-state index in [2.05, 4.69) is 10.3 Å². The van der Waals surface area contributed by atoms with Crippen molar-refractivity contribution in [2.75, 3.05) is 0 Å². The predicted molar refractivity (Wildman–Crippen MR) is 102 cm³/mol. The monoisotopic (exact) mass is 419 g/mol. The minimum Gasteiger partial charge on any atom is -0.374 e. The van der Waals surface area contributed by atoms with E-state index < -0.39 is 23.9 Å². The molecular formula is C20H13Cl2F2N3O. The molecule has 28 heavy (non-hydrogen) atoms. The molecule has 0 amide bonds. The number of benzene rings is 2. The van der Waals surface area contributed by atoms with E-state index in [0.29, 0.717) is 10.7 Å². The highest BCUT2D eigenvalue weighted by Gasteiger charge is 2.23. The van der Waals surface area contributed by atoms with E-state index in [1.54, 1.807) is 18.2 Å². The number of aromatic nitrogens is 1. The van der Waals surface area contributed by atoms with Gasteiger partial charge in [-0.15, -0.1) is 0 Å². The third-order valence-electron chi connectivity index (χ3n) is 4.07. The summed E-state index contributed by atoms with van der Waals surface area (Å²) in [7, 11) is 0. The van der Waals surface area contributed by atoms with E-state index in [9.17, 15) is 13.9 Å². The summed E-state index contributed by atoms with van der Waals surface area (Å²) in [5.74, 6) is -1.36. The Hall–Kier alpha value is -2.56. The second-order valence-corrected chi connectivity index (χ2v) is 6.79. The first-order valence-electron chi connectivity index (χ1n) is 8.09. The molecule has 0 radical (unpaired) electrons. The van der Waals surface area contributed by atoms with Crippen LogP contribution in [0.4, 0.5) is 8.78 Å². The fourth-order valence-corrected chi connectivity index (χ4v) is 2.94. The lowest BCUT2D eigenvalue weighted by Crippen LogP contribution is -2.28. The molecule has 0 aliphatic heterocycles. The molecule has 2 N–H and O–H groups in total. The van der Waals surface area contributed by atoms with Crippen LogP contribution in [0, 0.1) is 23.0 Å². The second-order valence-electron chi connectivity index (χ2n) is 5.92. The number of hydrogen-bond acceptors (Lipinski definition) is 4. The summed E-state index contributed by atoms with van der Waals surface area (Å²) in [5.41, 5.74) is 0.603. The molecule has 0 aliphatic carbocycles. The van der Waals surface area contributed by atoms with Crippen molar-refractivity contribution >= 4 is 23.2 Å². The molecule has 3 aromatic rings. The van der Waals surface area contributed by atoms with Crippen LogP contribution in [0.3, 0.4) is 0 Å². The molecule has 0 aliphatic rings. The van der Waals surface area contributed by atoms with Crippen molar-refractivity contribution in [3.63, 3.8) is 0 Å². The van der Waals surface area contributed by atoms with Gasteiger partial charge in [-0.05, 0) is 42.0 Å². The second kappa shape index (κ2) is 8.63. The van der Waals surface area contributed by atoms with Gasteiger partial charge >= 0.3 is 0 Å². The standard InChI is InChI=1S/C20H13Cl2F2N3O/c21-13-3-5-15(17(24)8-13)19(18-6-4-14(22)10-26-18)27-20(28)11-1-2-12(9-25)16(23)7-11/h1-8,10,19-20,27-28H/t19-,20?/m1/s1. The SMILES string of the molecule is N#Cc1ccc(C(O)N[C@@H](c2ccc(Cl)cn2)c2ccc(Cl)cc2F)cc1F. The lowest BCUT2D eigenvalue weighted by molar-refractivity contribution is 0.127. The Bertz CT molecular complexity index is 1040. The average molecular weight is 420 g/mol. The molecular weight excluding hydrogens is 407 g/mol. The minimum absolute atomic E-state index is 0.143. The lowest BCUT2D eigenvalue weighted by Gasteiger charge is -2.23. The van der Waals surface area contributed by atoms with Crippen molar-refractivity contribution < 1.29 is 13.9 Å². The first kappa shape index (κ1) is 20.2. The Morgan fingerprint density at radius 1 is 1.00 bits per heavy atom. The number of nitrogens with zero attached hydrogens (tertiary/aromatic N) is 2. The van der Waals surface area contributed by atoms with Crippen molar-refractivity contribution in [1.29, 1.82) is 5.26 Å². The highest BCUT2D eigenvalue weighted by atomic mass is 35.5. The van der Waals surface area contributed by atoms with E-state index in [1.807, 2.05) is 0 Å². The molecule has 1 aromatic heterocycles. The molecule has 0 saturated carbocycles. The lowest BCUT2D eigenvalue weighted by atomic mass is 10.0. The van der Waals surface area contributed by atoms with Gasteiger partial charge in [0.05, 0.1) is 22.3 Å². The van der Waals surface area contributed by atoms with Crippen LogP contribution in [0.15, 0.2) is 54.7 Å². The van der Waals surface area contributed by atoms with Gasteiger partial charge in [0.25, 0.3) is 0 Å². The van der Waals surface area contributed by atoms with Gasteiger partial charge in [-0.3, -0.25) is 10.3 Å². The maximum absolute atomic E-state index is 14.5. The van der Waals surface area contributed by atoms with Crippen molar-refractivity contribution in [1.82, 2.24) is 10.3 Å². The summed E-state index contributed by atoms with van der Waals surface area (Å²) in [5, 5.41) is 22.8. The largest absolute Gasteiger partial charge is 0.374 e. The maximum atomic E-state index is 14.5. The van der Waals surface area contributed by atoms with E-state index in [1.165, 1.54) is 30.5 Å². The quantitative estimate of drug-likeness (QED) is 0.576. The van der Waals surface area contributed by atoms with Gasteiger partial charge in [-0.2, -0.15) is 5.26 Å². The van der Waals surface area contributed by atoms with E-state index >= 15 is 0 Å². The van der Waals surface area contributed by atoms with Crippen molar-refractivity contribution in [2.24, 2.45) is 0 Å². The first-order valence-corrected chi connectivity index (χ1v) is 8.84. The fraction of sp³-hybridized carbons (Fsp3) is 0.100. The minimum atomic E-state index is -1.36. The summed E-state index contributed by atoms with van der Waals surface area (Å²) in [6, 6.07) is 11.8. The van der Waals surface area contributed by atoms with Crippen LogP contribution in [0.25, 0.3) is 0 Å². The van der Waals surface area contributed by atoms with Crippen LogP contribution in [-0.4, -0.2) is 10.1 Å². The number of nitriles is 1. The van der Waals surface area contributed by atoms with Gasteiger partial charge in [0.15, 0.2) is 0 Å². The third kappa shape index (κ3) is 4.46. The molecule has 0 saturated heterocycles. The molecule has 8 heteroatoms. The van der Waals surface area contributed by atoms with Crippen LogP contribution in [0.2, 0.25) is 10.0 Å². The third-order valence-corrected chi connectivity index (χ3v) is 4.53. The number of pyridine rings is 1. The zero-order valence-electron chi connectivity index (χ0n) is 14.2. The van der Waals surface area contributed by atoms with Crippen LogP contribution in [-0.2, 0) is 0 Å². The van der Waals surface area contributed by atoms with Crippen molar-refractivity contribution in [2.45, 2.75) is 12.3 Å². The summed E-state index contributed by atoms with van der Waals surface area (Å²) < 4.78 is 28.4. The maximum Gasteiger partial charge on any atom is 0.141 e. The Balaban J connectivity index is 1.98. The molecule has 1 unspecified atom stereocenters. The highest BCUT2D eigenvalue weighted by Crippen LogP contribution is 2.28. The van der Waals surface area contributed by atoms with Crippen LogP contribution in [0.1, 0.15) is 34.7 Å². The molecule has 3 rings (SSSR count). The normalized spacial score (nSPS) is 13.0. The number of hydrogen-bond donors (Lipinski definition) is 2. The number of aliphatic hydroxyl groups is 1. The van der Waals surface area contributed by atoms with Gasteiger partial charge in [-0.25, -0.2) is 8.78 Å². The Morgan fingerprint density at radius 3 is 2.36 bits per heavy atom. The zero-order valence-corrected chi connectivity index (χ0v) is 15.7. The molecule has 1 heterocycles. The molecule has 2 atom stereocenters. The van der Waals surface area contributed by atoms with Gasteiger partial charge in [0.1, 0.15) is 23.9 Å². The van der Waals surface area contributed by atoms with E-state index in [-0.39, 0.29) is 21.7 Å².